The van der Waals surface area contributed by atoms with Crippen LogP contribution >= 0.6 is 0 Å². The molecule has 0 aliphatic carbocycles. The molecule has 22 heavy (non-hydrogen) atoms. The molecule has 0 saturated carbocycles. The Morgan fingerprint density at radius 1 is 1.14 bits per heavy atom. The summed E-state index contributed by atoms with van der Waals surface area (Å²) in [5.74, 6) is 0.542. The van der Waals surface area contributed by atoms with Gasteiger partial charge in [-0.3, -0.25) is 4.79 Å². The summed E-state index contributed by atoms with van der Waals surface area (Å²) < 4.78 is 0. The number of carbonyl (C=O) groups excluding carboxylic acids is 1. The highest BCUT2D eigenvalue weighted by Crippen LogP contribution is 2.20. The van der Waals surface area contributed by atoms with Crippen molar-refractivity contribution in [1.82, 2.24) is 14.9 Å². The second-order valence-corrected chi connectivity index (χ2v) is 5.21. The van der Waals surface area contributed by atoms with E-state index in [0.717, 1.165) is 11.3 Å². The number of amides is 1. The van der Waals surface area contributed by atoms with E-state index in [0.29, 0.717) is 24.6 Å². The van der Waals surface area contributed by atoms with E-state index in [9.17, 15) is 4.79 Å². The van der Waals surface area contributed by atoms with Crippen LogP contribution in [0.1, 0.15) is 35.5 Å². The van der Waals surface area contributed by atoms with Crippen molar-refractivity contribution in [3.8, 4) is 0 Å². The Labute approximate surface area is 131 Å². The zero-order chi connectivity index (χ0) is 16.1. The predicted octanol–water partition coefficient (Wildman–Crippen LogP) is 3.32. The van der Waals surface area contributed by atoms with Gasteiger partial charge in [-0.15, -0.1) is 0 Å². The fourth-order valence-electron chi connectivity index (χ4n) is 2.18. The summed E-state index contributed by atoms with van der Waals surface area (Å²) in [4.78, 5) is 22.4. The third-order valence-electron chi connectivity index (χ3n) is 3.58. The van der Waals surface area contributed by atoms with Crippen molar-refractivity contribution in [3.63, 3.8) is 0 Å². The van der Waals surface area contributed by atoms with Gasteiger partial charge in [-0.05, 0) is 44.9 Å². The van der Waals surface area contributed by atoms with E-state index in [2.05, 4.69) is 33.5 Å². The van der Waals surface area contributed by atoms with Crippen LogP contribution in [-0.4, -0.2) is 33.9 Å². The van der Waals surface area contributed by atoms with Gasteiger partial charge in [-0.25, -0.2) is 9.97 Å². The molecule has 0 aliphatic heterocycles. The molecular formula is C17H22N4O. The Morgan fingerprint density at radius 3 is 2.45 bits per heavy atom. The molecular weight excluding hydrogens is 276 g/mol. The summed E-state index contributed by atoms with van der Waals surface area (Å²) in [5, 5.41) is 3.24. The molecule has 0 radical (unpaired) electrons. The Bertz CT molecular complexity index is 648. The summed E-state index contributed by atoms with van der Waals surface area (Å²) in [7, 11) is 0. The van der Waals surface area contributed by atoms with Gasteiger partial charge in [0.2, 0.25) is 0 Å². The molecule has 0 spiro atoms. The Morgan fingerprint density at radius 2 is 1.86 bits per heavy atom. The summed E-state index contributed by atoms with van der Waals surface area (Å²) in [5.41, 5.74) is 3.68. The van der Waals surface area contributed by atoms with Crippen molar-refractivity contribution in [3.05, 3.63) is 47.4 Å². The van der Waals surface area contributed by atoms with Gasteiger partial charge < -0.3 is 10.2 Å². The normalized spacial score (nSPS) is 10.4. The number of aryl methyl sites for hydroxylation is 2. The number of benzene rings is 1. The number of rotatable bonds is 5. The molecule has 0 bridgehead atoms. The van der Waals surface area contributed by atoms with Crippen LogP contribution in [0, 0.1) is 13.8 Å². The number of hydrogen-bond donors (Lipinski definition) is 1. The molecule has 0 saturated heterocycles. The monoisotopic (exact) mass is 298 g/mol. The molecule has 0 unspecified atom stereocenters. The minimum absolute atomic E-state index is 0.0872. The molecule has 2 rings (SSSR count). The van der Waals surface area contributed by atoms with Gasteiger partial charge in [0.25, 0.3) is 5.91 Å². The molecule has 0 atom stereocenters. The smallest absolute Gasteiger partial charge is 0.274 e. The Kier molecular flexibility index (Phi) is 5.09. The lowest BCUT2D eigenvalue weighted by molar-refractivity contribution is 0.0766. The minimum atomic E-state index is -0.0872. The first-order valence-electron chi connectivity index (χ1n) is 7.50. The number of nitrogens with one attached hydrogen (secondary N) is 1. The third kappa shape index (κ3) is 3.61. The second-order valence-electron chi connectivity index (χ2n) is 5.21. The zero-order valence-corrected chi connectivity index (χ0v) is 13.6. The van der Waals surface area contributed by atoms with Crippen LogP contribution in [0.4, 0.5) is 11.5 Å². The van der Waals surface area contributed by atoms with E-state index in [4.69, 9.17) is 0 Å². The van der Waals surface area contributed by atoms with Crippen molar-refractivity contribution in [1.29, 1.82) is 0 Å². The van der Waals surface area contributed by atoms with Crippen LogP contribution in [0.2, 0.25) is 0 Å². The van der Waals surface area contributed by atoms with Crippen molar-refractivity contribution in [2.45, 2.75) is 27.7 Å². The molecule has 1 amide bonds. The van der Waals surface area contributed by atoms with E-state index < -0.39 is 0 Å². The van der Waals surface area contributed by atoms with Crippen LogP contribution in [0.15, 0.2) is 30.6 Å². The highest BCUT2D eigenvalue weighted by molar-refractivity contribution is 5.92. The summed E-state index contributed by atoms with van der Waals surface area (Å²) in [6.45, 7) is 9.31. The fraction of sp³-hybridized carbons (Fsp3) is 0.353. The molecule has 116 valence electrons. The first-order valence-corrected chi connectivity index (χ1v) is 7.50. The molecule has 5 heteroatoms. The Balaban J connectivity index is 2.15. The maximum absolute atomic E-state index is 12.2. The molecule has 1 aromatic heterocycles. The quantitative estimate of drug-likeness (QED) is 0.920. The first kappa shape index (κ1) is 15.9. The lowest BCUT2D eigenvalue weighted by atomic mass is 10.1. The molecule has 1 aromatic carbocycles. The van der Waals surface area contributed by atoms with E-state index >= 15 is 0 Å². The molecule has 1 heterocycles. The second kappa shape index (κ2) is 7.02. The zero-order valence-electron chi connectivity index (χ0n) is 13.6. The molecule has 2 aromatic rings. The summed E-state index contributed by atoms with van der Waals surface area (Å²) in [6, 6.07) is 6.19. The van der Waals surface area contributed by atoms with Crippen LogP contribution in [0.3, 0.4) is 0 Å². The SMILES string of the molecule is CCN(CC)C(=O)c1cnc(Nc2cc(C)ccc2C)cn1. The predicted molar refractivity (Wildman–Crippen MR) is 88.5 cm³/mol. The van der Waals surface area contributed by atoms with Gasteiger partial charge >= 0.3 is 0 Å². The minimum Gasteiger partial charge on any atom is -0.339 e. The van der Waals surface area contributed by atoms with E-state index in [1.165, 1.54) is 11.8 Å². The van der Waals surface area contributed by atoms with Crippen LogP contribution in [0.25, 0.3) is 0 Å². The number of hydrogen-bond acceptors (Lipinski definition) is 4. The largest absolute Gasteiger partial charge is 0.339 e. The average Bonchev–Trinajstić information content (AvgIpc) is 2.53. The topological polar surface area (TPSA) is 58.1 Å². The van der Waals surface area contributed by atoms with Gasteiger partial charge in [0.05, 0.1) is 12.4 Å². The van der Waals surface area contributed by atoms with Gasteiger partial charge in [0, 0.05) is 18.8 Å². The maximum atomic E-state index is 12.2. The number of carbonyl (C=O) groups is 1. The van der Waals surface area contributed by atoms with Gasteiger partial charge in [-0.2, -0.15) is 0 Å². The van der Waals surface area contributed by atoms with Crippen molar-refractivity contribution >= 4 is 17.4 Å². The third-order valence-corrected chi connectivity index (χ3v) is 3.58. The van der Waals surface area contributed by atoms with Crippen molar-refractivity contribution in [2.24, 2.45) is 0 Å². The fourth-order valence-corrected chi connectivity index (χ4v) is 2.18. The number of nitrogens with zero attached hydrogens (tertiary/aromatic N) is 3. The molecule has 0 aliphatic rings. The standard InChI is InChI=1S/C17H22N4O/c1-5-21(6-2)17(22)15-10-19-16(11-18-15)20-14-9-12(3)7-8-13(14)4/h7-11H,5-6H2,1-4H3,(H,19,20). The summed E-state index contributed by atoms with van der Waals surface area (Å²) in [6.07, 6.45) is 3.12. The van der Waals surface area contributed by atoms with Crippen LogP contribution < -0.4 is 5.32 Å². The average molecular weight is 298 g/mol. The van der Waals surface area contributed by atoms with Gasteiger partial charge in [0.1, 0.15) is 11.5 Å². The lowest BCUT2D eigenvalue weighted by Gasteiger charge is -2.17. The van der Waals surface area contributed by atoms with Gasteiger partial charge in [0.15, 0.2) is 0 Å². The van der Waals surface area contributed by atoms with E-state index in [1.807, 2.05) is 27.7 Å². The summed E-state index contributed by atoms with van der Waals surface area (Å²) >= 11 is 0. The van der Waals surface area contributed by atoms with E-state index in [1.54, 1.807) is 11.1 Å². The highest BCUT2D eigenvalue weighted by atomic mass is 16.2. The number of anilines is 2. The Hall–Kier alpha value is -2.43. The lowest BCUT2D eigenvalue weighted by Crippen LogP contribution is -2.31. The number of aromatic nitrogens is 2. The maximum Gasteiger partial charge on any atom is 0.274 e. The van der Waals surface area contributed by atoms with Gasteiger partial charge in [-0.1, -0.05) is 12.1 Å². The van der Waals surface area contributed by atoms with Crippen LogP contribution in [0.5, 0.6) is 0 Å². The van der Waals surface area contributed by atoms with E-state index in [-0.39, 0.29) is 5.91 Å². The molecule has 5 nitrogen and oxygen atoms in total. The highest BCUT2D eigenvalue weighted by Gasteiger charge is 2.14. The first-order chi connectivity index (χ1) is 10.5. The molecule has 1 N–H and O–H groups in total. The van der Waals surface area contributed by atoms with Crippen LogP contribution in [-0.2, 0) is 0 Å². The van der Waals surface area contributed by atoms with Crippen molar-refractivity contribution in [2.75, 3.05) is 18.4 Å². The van der Waals surface area contributed by atoms with Crippen molar-refractivity contribution < 1.29 is 4.79 Å². The molecule has 0 fully saturated rings.